The second-order valence-electron chi connectivity index (χ2n) is 11.9. The third-order valence-electron chi connectivity index (χ3n) is 7.64. The summed E-state index contributed by atoms with van der Waals surface area (Å²) in [5, 5.41) is 12.3. The lowest BCUT2D eigenvalue weighted by Gasteiger charge is -2.27. The SMILES string of the molecule is CN(C)c1ccc(C(=CC=CC(O)(c2ccc(N(C)C)cc2)c2ccc(N(C)C)cc2)c2ccc(N(C)C)cc2)cc1.[O-][Cl+3]([O-])([O-])O. The zero-order valence-corrected chi connectivity index (χ0v) is 29.0. The topological polar surface area (TPSA) is 123 Å². The molecule has 0 aliphatic heterocycles. The van der Waals surface area contributed by atoms with Crippen LogP contribution in [0.1, 0.15) is 22.3 Å². The Balaban J connectivity index is 0.00000111. The van der Waals surface area contributed by atoms with Gasteiger partial charge in [0.2, 0.25) is 0 Å². The Morgan fingerprint density at radius 3 is 1.04 bits per heavy atom. The third-order valence-corrected chi connectivity index (χ3v) is 7.64. The van der Waals surface area contributed by atoms with Gasteiger partial charge < -0.3 is 24.7 Å². The first-order valence-corrected chi connectivity index (χ1v) is 16.1. The van der Waals surface area contributed by atoms with E-state index in [-0.39, 0.29) is 0 Å². The number of halogens is 1. The van der Waals surface area contributed by atoms with E-state index in [1.165, 1.54) is 0 Å². The molecule has 4 aromatic carbocycles. The van der Waals surface area contributed by atoms with E-state index in [1.807, 2.05) is 117 Å². The van der Waals surface area contributed by atoms with Crippen molar-refractivity contribution in [3.8, 4) is 0 Å². The summed E-state index contributed by atoms with van der Waals surface area (Å²) >= 11 is 0. The fourth-order valence-corrected chi connectivity index (χ4v) is 4.91. The Labute approximate surface area is 280 Å². The molecule has 0 amide bonds. The van der Waals surface area contributed by atoms with Gasteiger partial charge in [-0.2, -0.15) is 14.0 Å². The maximum atomic E-state index is 12.3. The van der Waals surface area contributed by atoms with Crippen molar-refractivity contribution >= 4 is 28.3 Å². The minimum absolute atomic E-state index is 0.808. The highest BCUT2D eigenvalue weighted by atomic mass is 35.7. The number of hydrogen-bond acceptors (Lipinski definition) is 9. The number of nitrogens with zero attached hydrogens (tertiary/aromatic N) is 4. The van der Waals surface area contributed by atoms with E-state index in [4.69, 9.17) is 18.6 Å². The van der Waals surface area contributed by atoms with Gasteiger partial charge in [-0.25, -0.2) is 0 Å². The summed E-state index contributed by atoms with van der Waals surface area (Å²) in [5.41, 5.74) is 8.05. The molecule has 2 N–H and O–H groups in total. The van der Waals surface area contributed by atoms with Gasteiger partial charge in [-0.1, -0.05) is 60.7 Å². The number of allylic oxidation sites excluding steroid dienone is 2. The molecule has 4 rings (SSSR count). The maximum Gasteiger partial charge on any atom is 0.133 e. The minimum atomic E-state index is -4.69. The molecular formula is C37H45ClN4O5. The highest BCUT2D eigenvalue weighted by Crippen LogP contribution is 2.34. The molecule has 0 unspecified atom stereocenters. The molecule has 0 atom stereocenters. The van der Waals surface area contributed by atoms with Crippen LogP contribution in [-0.4, -0.2) is 66.1 Å². The van der Waals surface area contributed by atoms with Gasteiger partial charge in [0.1, 0.15) is 5.60 Å². The van der Waals surface area contributed by atoms with Gasteiger partial charge in [0, 0.05) is 79.1 Å². The quantitative estimate of drug-likeness (QED) is 0.247. The van der Waals surface area contributed by atoms with Crippen LogP contribution in [0.15, 0.2) is 115 Å². The molecule has 0 saturated carbocycles. The van der Waals surface area contributed by atoms with Gasteiger partial charge in [0.05, 0.1) is 14.9 Å². The van der Waals surface area contributed by atoms with Crippen LogP contribution in [0.25, 0.3) is 5.57 Å². The number of benzene rings is 4. The summed E-state index contributed by atoms with van der Waals surface area (Å²) < 4.78 is 32.7. The van der Waals surface area contributed by atoms with Gasteiger partial charge >= 0.3 is 0 Å². The molecule has 0 aliphatic carbocycles. The van der Waals surface area contributed by atoms with Crippen molar-refractivity contribution in [1.29, 1.82) is 0 Å². The fraction of sp³-hybridized carbons (Fsp3) is 0.243. The third kappa shape index (κ3) is 10.6. The summed E-state index contributed by atoms with van der Waals surface area (Å²) in [6.07, 6.45) is 5.97. The zero-order valence-electron chi connectivity index (χ0n) is 28.3. The average molecular weight is 661 g/mol. The van der Waals surface area contributed by atoms with Crippen molar-refractivity contribution in [3.05, 3.63) is 138 Å². The Hall–Kier alpha value is -4.35. The van der Waals surface area contributed by atoms with Crippen molar-refractivity contribution < 1.29 is 34.0 Å². The van der Waals surface area contributed by atoms with Crippen LogP contribution in [0.4, 0.5) is 22.7 Å². The molecule has 250 valence electrons. The van der Waals surface area contributed by atoms with Crippen LogP contribution in [-0.2, 0) is 5.60 Å². The second kappa shape index (κ2) is 16.0. The van der Waals surface area contributed by atoms with Crippen LogP contribution in [0.2, 0.25) is 0 Å². The minimum Gasteiger partial charge on any atom is -0.378 e. The molecule has 0 fully saturated rings. The number of hydrogen-bond donors (Lipinski definition) is 2. The van der Waals surface area contributed by atoms with Crippen LogP contribution >= 0.6 is 0 Å². The van der Waals surface area contributed by atoms with Gasteiger partial charge in [-0.3, -0.25) is 0 Å². The van der Waals surface area contributed by atoms with Gasteiger partial charge in [0.25, 0.3) is 0 Å². The van der Waals surface area contributed by atoms with Crippen LogP contribution in [0.5, 0.6) is 0 Å². The van der Waals surface area contributed by atoms with E-state index in [2.05, 4.69) is 74.2 Å². The Kier molecular flexibility index (Phi) is 12.6. The molecule has 47 heavy (non-hydrogen) atoms. The molecule has 0 saturated heterocycles. The average Bonchev–Trinajstić information content (AvgIpc) is 3.02. The predicted octanol–water partition coefficient (Wildman–Crippen LogP) is 2.75. The lowest BCUT2D eigenvalue weighted by atomic mass is 9.85. The van der Waals surface area contributed by atoms with E-state index in [0.29, 0.717) is 0 Å². The monoisotopic (exact) mass is 660 g/mol. The molecule has 0 aliphatic rings. The molecule has 4 aromatic rings. The van der Waals surface area contributed by atoms with Crippen molar-refractivity contribution in [2.75, 3.05) is 76.0 Å². The molecule has 9 nitrogen and oxygen atoms in total. The van der Waals surface area contributed by atoms with Crippen molar-refractivity contribution in [1.82, 2.24) is 0 Å². The lowest BCUT2D eigenvalue weighted by Crippen LogP contribution is -2.58. The van der Waals surface area contributed by atoms with E-state index in [0.717, 1.165) is 50.6 Å². The Bertz CT molecular complexity index is 1500. The molecule has 0 heterocycles. The van der Waals surface area contributed by atoms with E-state index >= 15 is 0 Å². The summed E-state index contributed by atoms with van der Waals surface area (Å²) in [6.45, 7) is 0. The van der Waals surface area contributed by atoms with E-state index < -0.39 is 15.8 Å². The van der Waals surface area contributed by atoms with Crippen LogP contribution < -0.4 is 33.6 Å². The smallest absolute Gasteiger partial charge is 0.133 e. The standard InChI is InChI=1S/C37H44N4O.ClHO4/c1-38(2)32-19-11-28(12-20-32)36(29-13-21-33(22-14-29)39(3)4)10-9-27-37(42,30-15-23-34(24-16-30)40(5)6)31-17-25-35(26-18-31)41(7)8;2-1(3,4)5/h9-27,42H,1-8H3;(H,2,3,4,5). The Morgan fingerprint density at radius 2 is 0.787 bits per heavy atom. The molecule has 10 heteroatoms. The molecule has 0 spiro atoms. The highest BCUT2D eigenvalue weighted by Gasteiger charge is 2.28. The van der Waals surface area contributed by atoms with Gasteiger partial charge in [0.15, 0.2) is 0 Å². The van der Waals surface area contributed by atoms with E-state index in [9.17, 15) is 5.11 Å². The zero-order chi connectivity index (χ0) is 34.9. The number of anilines is 4. The first kappa shape index (κ1) is 37.1. The van der Waals surface area contributed by atoms with E-state index in [1.54, 1.807) is 0 Å². The summed E-state index contributed by atoms with van der Waals surface area (Å²) in [5.74, 6) is 0. The summed E-state index contributed by atoms with van der Waals surface area (Å²) in [7, 11) is 11.6. The van der Waals surface area contributed by atoms with Crippen molar-refractivity contribution in [3.63, 3.8) is 0 Å². The lowest BCUT2D eigenvalue weighted by molar-refractivity contribution is -1.92. The highest BCUT2D eigenvalue weighted by molar-refractivity contribution is 5.82. The number of aliphatic hydroxyl groups is 1. The molecular weight excluding hydrogens is 616 g/mol. The second-order valence-corrected chi connectivity index (χ2v) is 12.7. The fourth-order valence-electron chi connectivity index (χ4n) is 4.91. The number of rotatable bonds is 10. The van der Waals surface area contributed by atoms with Gasteiger partial charge in [-0.15, -0.1) is 0 Å². The normalized spacial score (nSPS) is 11.4. The van der Waals surface area contributed by atoms with Gasteiger partial charge in [-0.05, 0) is 82.4 Å². The first-order chi connectivity index (χ1) is 22.0. The Morgan fingerprint density at radius 1 is 0.532 bits per heavy atom. The first-order valence-electron chi connectivity index (χ1n) is 14.9. The van der Waals surface area contributed by atoms with Crippen molar-refractivity contribution in [2.24, 2.45) is 0 Å². The molecule has 0 aromatic heterocycles. The molecule has 0 bridgehead atoms. The van der Waals surface area contributed by atoms with Crippen LogP contribution in [0, 0.1) is 10.2 Å². The van der Waals surface area contributed by atoms with Crippen LogP contribution in [0.3, 0.4) is 0 Å². The predicted molar refractivity (Wildman–Crippen MR) is 185 cm³/mol. The summed E-state index contributed by atoms with van der Waals surface area (Å²) in [4.78, 5) is 8.32. The van der Waals surface area contributed by atoms with Crippen molar-refractivity contribution in [2.45, 2.75) is 5.60 Å². The molecule has 0 radical (unpaired) electrons. The largest absolute Gasteiger partial charge is 0.378 e. The summed E-state index contributed by atoms with van der Waals surface area (Å²) in [6, 6.07) is 33.3. The maximum absolute atomic E-state index is 12.3.